The summed E-state index contributed by atoms with van der Waals surface area (Å²) in [6.07, 6.45) is 7.87. The number of hydrogen-bond acceptors (Lipinski definition) is 6. The molecular formula is C19H24N4O4S2. The van der Waals surface area contributed by atoms with Crippen LogP contribution in [0, 0.1) is 0 Å². The zero-order valence-corrected chi connectivity index (χ0v) is 17.5. The molecule has 4 N–H and O–H groups in total. The van der Waals surface area contributed by atoms with Crippen molar-refractivity contribution in [1.82, 2.24) is 10.3 Å². The number of hydrogen-bond donors (Lipinski definition) is 3. The minimum atomic E-state index is -3.81. The summed E-state index contributed by atoms with van der Waals surface area (Å²) in [4.78, 5) is 28.9. The number of amides is 2. The quantitative estimate of drug-likeness (QED) is 0.663. The van der Waals surface area contributed by atoms with Crippen LogP contribution in [-0.2, 0) is 10.0 Å². The van der Waals surface area contributed by atoms with E-state index in [9.17, 15) is 18.0 Å². The highest BCUT2D eigenvalue weighted by Gasteiger charge is 2.18. The van der Waals surface area contributed by atoms with Gasteiger partial charge in [-0.1, -0.05) is 32.1 Å². The number of aromatic nitrogens is 1. The Labute approximate surface area is 174 Å². The summed E-state index contributed by atoms with van der Waals surface area (Å²) >= 11 is 1.16. The second kappa shape index (κ2) is 9.47. The molecule has 0 bridgehead atoms. The maximum Gasteiger partial charge on any atom is 0.271 e. The molecule has 3 rings (SSSR count). The molecule has 1 aromatic carbocycles. The highest BCUT2D eigenvalue weighted by molar-refractivity contribution is 7.89. The Bertz CT molecular complexity index is 962. The summed E-state index contributed by atoms with van der Waals surface area (Å²) < 4.78 is 22.6. The van der Waals surface area contributed by atoms with Crippen LogP contribution in [0.5, 0.6) is 0 Å². The Hall–Kier alpha value is -2.30. The van der Waals surface area contributed by atoms with Gasteiger partial charge in [-0.05, 0) is 37.1 Å². The molecule has 1 aliphatic rings. The van der Waals surface area contributed by atoms with Gasteiger partial charge in [-0.3, -0.25) is 14.9 Å². The SMILES string of the molecule is NS(=O)(=O)c1ccc(C(=O)Nc2nc(C(=O)NC3CCCCCCC3)cs2)cc1. The molecule has 29 heavy (non-hydrogen) atoms. The number of anilines is 1. The number of benzene rings is 1. The number of thiazole rings is 1. The van der Waals surface area contributed by atoms with Crippen LogP contribution in [0.4, 0.5) is 5.13 Å². The lowest BCUT2D eigenvalue weighted by molar-refractivity contribution is 0.0925. The normalized spacial score (nSPS) is 15.9. The highest BCUT2D eigenvalue weighted by atomic mass is 32.2. The van der Waals surface area contributed by atoms with Gasteiger partial charge in [0, 0.05) is 17.0 Å². The van der Waals surface area contributed by atoms with E-state index in [0.717, 1.165) is 37.0 Å². The summed E-state index contributed by atoms with van der Waals surface area (Å²) in [5.41, 5.74) is 0.532. The van der Waals surface area contributed by atoms with Crippen molar-refractivity contribution >= 4 is 38.3 Å². The molecule has 0 atom stereocenters. The Morgan fingerprint density at radius 3 is 2.24 bits per heavy atom. The molecule has 1 aromatic heterocycles. The van der Waals surface area contributed by atoms with Crippen molar-refractivity contribution in [2.75, 3.05) is 5.32 Å². The van der Waals surface area contributed by atoms with Crippen LogP contribution in [0.3, 0.4) is 0 Å². The number of nitrogens with two attached hydrogens (primary N) is 1. The van der Waals surface area contributed by atoms with Gasteiger partial charge in [0.05, 0.1) is 4.90 Å². The first-order valence-corrected chi connectivity index (χ1v) is 12.0. The zero-order chi connectivity index (χ0) is 20.9. The molecule has 1 fully saturated rings. The lowest BCUT2D eigenvalue weighted by Gasteiger charge is -2.20. The lowest BCUT2D eigenvalue weighted by Crippen LogP contribution is -2.35. The monoisotopic (exact) mass is 436 g/mol. The van der Waals surface area contributed by atoms with Crippen molar-refractivity contribution in [2.24, 2.45) is 5.14 Å². The number of nitrogens with one attached hydrogen (secondary N) is 2. The number of primary sulfonamides is 1. The number of carbonyl (C=O) groups is 2. The van der Waals surface area contributed by atoms with E-state index in [4.69, 9.17) is 5.14 Å². The van der Waals surface area contributed by atoms with E-state index in [0.29, 0.717) is 5.13 Å². The third-order valence-corrected chi connectivity index (χ3v) is 6.53. The van der Waals surface area contributed by atoms with Gasteiger partial charge in [-0.25, -0.2) is 18.5 Å². The van der Waals surface area contributed by atoms with E-state index in [1.54, 1.807) is 5.38 Å². The highest BCUT2D eigenvalue weighted by Crippen LogP contribution is 2.20. The fourth-order valence-corrected chi connectivity index (χ4v) is 4.46. The van der Waals surface area contributed by atoms with Gasteiger partial charge in [0.2, 0.25) is 10.0 Å². The van der Waals surface area contributed by atoms with Gasteiger partial charge in [0.1, 0.15) is 5.69 Å². The molecule has 8 nitrogen and oxygen atoms in total. The smallest absolute Gasteiger partial charge is 0.271 e. The van der Waals surface area contributed by atoms with Crippen LogP contribution in [0.25, 0.3) is 0 Å². The van der Waals surface area contributed by atoms with Gasteiger partial charge in [0.15, 0.2) is 5.13 Å². The molecule has 0 spiro atoms. The largest absolute Gasteiger partial charge is 0.348 e. The van der Waals surface area contributed by atoms with Gasteiger partial charge in [0.25, 0.3) is 11.8 Å². The number of nitrogens with zero attached hydrogens (tertiary/aromatic N) is 1. The Morgan fingerprint density at radius 1 is 1.00 bits per heavy atom. The summed E-state index contributed by atoms with van der Waals surface area (Å²) in [6.45, 7) is 0. The third kappa shape index (κ3) is 6.09. The molecule has 1 aliphatic carbocycles. The molecule has 1 saturated carbocycles. The van der Waals surface area contributed by atoms with Crippen LogP contribution >= 0.6 is 11.3 Å². The lowest BCUT2D eigenvalue weighted by atomic mass is 9.97. The minimum absolute atomic E-state index is 0.0727. The predicted octanol–water partition coefficient (Wildman–Crippen LogP) is 2.89. The van der Waals surface area contributed by atoms with Crippen LogP contribution in [0.2, 0.25) is 0 Å². The van der Waals surface area contributed by atoms with Gasteiger partial charge in [-0.2, -0.15) is 0 Å². The Morgan fingerprint density at radius 2 is 1.62 bits per heavy atom. The maximum atomic E-state index is 12.5. The summed E-state index contributed by atoms with van der Waals surface area (Å²) in [5.74, 6) is -0.683. The fourth-order valence-electron chi connectivity index (χ4n) is 3.26. The number of rotatable bonds is 5. The third-order valence-electron chi connectivity index (χ3n) is 4.84. The number of carbonyl (C=O) groups excluding carboxylic acids is 2. The van der Waals surface area contributed by atoms with Crippen molar-refractivity contribution in [2.45, 2.75) is 55.9 Å². The maximum absolute atomic E-state index is 12.5. The van der Waals surface area contributed by atoms with Crippen LogP contribution in [0.15, 0.2) is 34.5 Å². The molecule has 0 aliphatic heterocycles. The molecule has 2 amide bonds. The van der Waals surface area contributed by atoms with Crippen molar-refractivity contribution in [1.29, 1.82) is 0 Å². The van der Waals surface area contributed by atoms with Crippen LogP contribution in [-0.4, -0.2) is 31.3 Å². The first-order chi connectivity index (χ1) is 13.8. The first-order valence-electron chi connectivity index (χ1n) is 9.53. The molecule has 156 valence electrons. The van der Waals surface area contributed by atoms with E-state index in [2.05, 4.69) is 15.6 Å². The molecule has 1 heterocycles. The fraction of sp³-hybridized carbons (Fsp3) is 0.421. The molecule has 2 aromatic rings. The van der Waals surface area contributed by atoms with Crippen LogP contribution in [0.1, 0.15) is 65.8 Å². The van der Waals surface area contributed by atoms with Crippen molar-refractivity contribution in [3.63, 3.8) is 0 Å². The second-order valence-electron chi connectivity index (χ2n) is 7.08. The average molecular weight is 437 g/mol. The minimum Gasteiger partial charge on any atom is -0.348 e. The summed E-state index contributed by atoms with van der Waals surface area (Å²) in [7, 11) is -3.81. The standard InChI is InChI=1S/C19H24N4O4S2/c20-29(26,27)15-10-8-13(9-11-15)17(24)23-19-22-16(12-28-19)18(25)21-14-6-4-2-1-3-5-7-14/h8-12,14H,1-7H2,(H,21,25)(H2,20,26,27)(H,22,23,24). The molecular weight excluding hydrogens is 412 g/mol. The molecule has 0 radical (unpaired) electrons. The van der Waals surface area contributed by atoms with E-state index in [-0.39, 0.29) is 28.1 Å². The second-order valence-corrected chi connectivity index (χ2v) is 9.50. The van der Waals surface area contributed by atoms with Crippen LogP contribution < -0.4 is 15.8 Å². The van der Waals surface area contributed by atoms with Gasteiger partial charge in [-0.15, -0.1) is 11.3 Å². The van der Waals surface area contributed by atoms with Gasteiger partial charge < -0.3 is 5.32 Å². The van der Waals surface area contributed by atoms with Crippen molar-refractivity contribution < 1.29 is 18.0 Å². The van der Waals surface area contributed by atoms with E-state index in [1.165, 1.54) is 43.5 Å². The molecule has 0 saturated heterocycles. The Balaban J connectivity index is 1.59. The molecule has 10 heteroatoms. The Kier molecular flexibility index (Phi) is 6.99. The van der Waals surface area contributed by atoms with E-state index in [1.807, 2.05) is 0 Å². The summed E-state index contributed by atoms with van der Waals surface area (Å²) in [6, 6.07) is 5.43. The summed E-state index contributed by atoms with van der Waals surface area (Å²) in [5, 5.41) is 12.6. The molecule has 0 unspecified atom stereocenters. The van der Waals surface area contributed by atoms with E-state index < -0.39 is 15.9 Å². The van der Waals surface area contributed by atoms with Crippen molar-refractivity contribution in [3.8, 4) is 0 Å². The first kappa shape index (κ1) is 21.4. The predicted molar refractivity (Wildman–Crippen MR) is 111 cm³/mol. The number of sulfonamides is 1. The topological polar surface area (TPSA) is 131 Å². The van der Waals surface area contributed by atoms with Gasteiger partial charge >= 0.3 is 0 Å². The average Bonchev–Trinajstić information content (AvgIpc) is 3.12. The zero-order valence-electron chi connectivity index (χ0n) is 15.9. The van der Waals surface area contributed by atoms with E-state index >= 15 is 0 Å². The van der Waals surface area contributed by atoms with Crippen molar-refractivity contribution in [3.05, 3.63) is 40.9 Å².